The highest BCUT2D eigenvalue weighted by atomic mass is 16.6. The van der Waals surface area contributed by atoms with E-state index in [1.807, 2.05) is 30.3 Å². The molecule has 0 radical (unpaired) electrons. The first-order valence-corrected chi connectivity index (χ1v) is 6.81. The van der Waals surface area contributed by atoms with Crippen molar-refractivity contribution < 1.29 is 14.5 Å². The molecule has 0 spiro atoms. The number of benzene rings is 2. The minimum Gasteiger partial charge on any atom is -0.477 e. The number of hydrazone groups is 1. The number of nitro groups is 1. The van der Waals surface area contributed by atoms with Crippen LogP contribution in [0.3, 0.4) is 0 Å². The molecule has 0 aliphatic rings. The maximum absolute atomic E-state index is 11.6. The number of amides is 1. The highest BCUT2D eigenvalue weighted by Gasteiger charge is 2.16. The van der Waals surface area contributed by atoms with E-state index in [1.165, 1.54) is 18.3 Å². The number of aryl methyl sites for hydroxylation is 1. The predicted octanol–water partition coefficient (Wildman–Crippen LogP) is 2.43. The van der Waals surface area contributed by atoms with Gasteiger partial charge in [-0.25, -0.2) is 5.43 Å². The lowest BCUT2D eigenvalue weighted by Gasteiger charge is -2.06. The summed E-state index contributed by atoms with van der Waals surface area (Å²) < 4.78 is 5.19. The third kappa shape index (κ3) is 4.92. The van der Waals surface area contributed by atoms with Gasteiger partial charge in [-0.3, -0.25) is 14.9 Å². The summed E-state index contributed by atoms with van der Waals surface area (Å²) in [6.07, 6.45) is 1.49. The van der Waals surface area contributed by atoms with E-state index in [0.717, 1.165) is 11.1 Å². The van der Waals surface area contributed by atoms with E-state index in [2.05, 4.69) is 10.5 Å². The van der Waals surface area contributed by atoms with Gasteiger partial charge in [0, 0.05) is 6.07 Å². The lowest BCUT2D eigenvalue weighted by molar-refractivity contribution is -0.385. The number of nitro benzene ring substituents is 1. The topological polar surface area (TPSA) is 93.8 Å². The molecule has 0 heterocycles. The van der Waals surface area contributed by atoms with Crippen molar-refractivity contribution in [3.05, 3.63) is 69.8 Å². The first-order chi connectivity index (χ1) is 11.1. The first kappa shape index (κ1) is 16.2. The molecule has 0 bridgehead atoms. The Kier molecular flexibility index (Phi) is 5.40. The minimum atomic E-state index is -0.548. The average Bonchev–Trinajstić information content (AvgIpc) is 2.54. The Morgan fingerprint density at radius 3 is 2.74 bits per heavy atom. The number of nitrogens with zero attached hydrogens (tertiary/aromatic N) is 2. The van der Waals surface area contributed by atoms with Gasteiger partial charge in [0.15, 0.2) is 12.4 Å². The Balaban J connectivity index is 1.90. The maximum atomic E-state index is 11.6. The fourth-order valence-corrected chi connectivity index (χ4v) is 1.79. The van der Waals surface area contributed by atoms with Gasteiger partial charge in [0.1, 0.15) is 0 Å². The second-order valence-corrected chi connectivity index (χ2v) is 4.72. The number of hydrogen-bond acceptors (Lipinski definition) is 5. The van der Waals surface area contributed by atoms with Crippen LogP contribution in [0.15, 0.2) is 53.6 Å². The first-order valence-electron chi connectivity index (χ1n) is 6.81. The van der Waals surface area contributed by atoms with Crippen LogP contribution in [0.5, 0.6) is 5.75 Å². The van der Waals surface area contributed by atoms with Crippen molar-refractivity contribution in [1.29, 1.82) is 0 Å². The molecule has 0 aliphatic heterocycles. The van der Waals surface area contributed by atoms with Crippen LogP contribution in [0, 0.1) is 17.0 Å². The van der Waals surface area contributed by atoms with Gasteiger partial charge < -0.3 is 4.74 Å². The largest absolute Gasteiger partial charge is 0.477 e. The van der Waals surface area contributed by atoms with Crippen molar-refractivity contribution in [2.45, 2.75) is 6.92 Å². The molecule has 7 heteroatoms. The van der Waals surface area contributed by atoms with Crippen LogP contribution in [-0.4, -0.2) is 23.7 Å². The number of hydrogen-bond donors (Lipinski definition) is 1. The van der Waals surface area contributed by atoms with Gasteiger partial charge in [-0.1, -0.05) is 36.4 Å². The zero-order valence-electron chi connectivity index (χ0n) is 12.4. The molecule has 0 saturated carbocycles. The van der Waals surface area contributed by atoms with Crippen molar-refractivity contribution in [3.63, 3.8) is 0 Å². The molecule has 2 aromatic rings. The van der Waals surface area contributed by atoms with Crippen molar-refractivity contribution >= 4 is 17.8 Å². The highest BCUT2D eigenvalue weighted by molar-refractivity contribution is 5.82. The molecule has 1 amide bonds. The quantitative estimate of drug-likeness (QED) is 0.503. The summed E-state index contributed by atoms with van der Waals surface area (Å²) >= 11 is 0. The molecule has 0 unspecified atom stereocenters. The highest BCUT2D eigenvalue weighted by Crippen LogP contribution is 2.27. The summed E-state index contributed by atoms with van der Waals surface area (Å²) in [4.78, 5) is 22.0. The molecule has 7 nitrogen and oxygen atoms in total. The summed E-state index contributed by atoms with van der Waals surface area (Å²) in [6.45, 7) is 1.37. The monoisotopic (exact) mass is 313 g/mol. The zero-order valence-corrected chi connectivity index (χ0v) is 12.4. The second-order valence-electron chi connectivity index (χ2n) is 4.72. The van der Waals surface area contributed by atoms with Crippen LogP contribution in [-0.2, 0) is 4.79 Å². The molecule has 0 aromatic heterocycles. The number of ether oxygens (including phenoxy) is 1. The Morgan fingerprint density at radius 2 is 2.04 bits per heavy atom. The van der Waals surface area contributed by atoms with Crippen molar-refractivity contribution in [3.8, 4) is 5.75 Å². The second kappa shape index (κ2) is 7.69. The van der Waals surface area contributed by atoms with E-state index in [4.69, 9.17) is 4.74 Å². The molecule has 1 N–H and O–H groups in total. The zero-order chi connectivity index (χ0) is 16.7. The van der Waals surface area contributed by atoms with Gasteiger partial charge in [0.05, 0.1) is 11.1 Å². The van der Waals surface area contributed by atoms with Gasteiger partial charge in [0.25, 0.3) is 5.91 Å². The molecule has 23 heavy (non-hydrogen) atoms. The van der Waals surface area contributed by atoms with Gasteiger partial charge in [-0.15, -0.1) is 0 Å². The van der Waals surface area contributed by atoms with Crippen LogP contribution < -0.4 is 10.2 Å². The molecule has 0 fully saturated rings. The summed E-state index contributed by atoms with van der Waals surface area (Å²) in [5, 5.41) is 14.7. The van der Waals surface area contributed by atoms with Gasteiger partial charge in [-0.2, -0.15) is 5.10 Å². The van der Waals surface area contributed by atoms with Gasteiger partial charge in [-0.05, 0) is 24.1 Å². The molecule has 118 valence electrons. The number of carbonyl (C=O) groups excluding carboxylic acids is 1. The fraction of sp³-hybridized carbons (Fsp3) is 0.125. The van der Waals surface area contributed by atoms with Crippen molar-refractivity contribution in [1.82, 2.24) is 5.43 Å². The van der Waals surface area contributed by atoms with E-state index in [1.54, 1.807) is 13.0 Å². The number of rotatable bonds is 6. The van der Waals surface area contributed by atoms with Gasteiger partial charge in [0.2, 0.25) is 0 Å². The van der Waals surface area contributed by atoms with Crippen molar-refractivity contribution in [2.75, 3.05) is 6.61 Å². The van der Waals surface area contributed by atoms with E-state index in [-0.39, 0.29) is 18.0 Å². The smallest absolute Gasteiger partial charge is 0.311 e. The Morgan fingerprint density at radius 1 is 1.30 bits per heavy atom. The van der Waals surface area contributed by atoms with Crippen LogP contribution in [0.2, 0.25) is 0 Å². The van der Waals surface area contributed by atoms with Crippen LogP contribution in [0.1, 0.15) is 11.1 Å². The third-order valence-corrected chi connectivity index (χ3v) is 2.87. The fourth-order valence-electron chi connectivity index (χ4n) is 1.79. The Hall–Kier alpha value is -3.22. The lowest BCUT2D eigenvalue weighted by atomic mass is 10.2. The van der Waals surface area contributed by atoms with Crippen LogP contribution in [0.25, 0.3) is 0 Å². The van der Waals surface area contributed by atoms with E-state index in [0.29, 0.717) is 0 Å². The number of carbonyl (C=O) groups is 1. The standard InChI is InChI=1S/C16H15N3O4/c1-12-7-8-15(14(9-12)19(21)22)23-11-16(20)18-17-10-13-5-3-2-4-6-13/h2-10H,11H2,1H3,(H,18,20)/b17-10+. The summed E-state index contributed by atoms with van der Waals surface area (Å²) in [5.41, 5.74) is 3.69. The third-order valence-electron chi connectivity index (χ3n) is 2.87. The molecule has 0 aliphatic carbocycles. The van der Waals surface area contributed by atoms with Crippen molar-refractivity contribution in [2.24, 2.45) is 5.10 Å². The molecular formula is C16H15N3O4. The minimum absolute atomic E-state index is 0.0442. The Bertz CT molecular complexity index is 729. The van der Waals surface area contributed by atoms with E-state index >= 15 is 0 Å². The summed E-state index contributed by atoms with van der Waals surface area (Å²) in [7, 11) is 0. The summed E-state index contributed by atoms with van der Waals surface area (Å²) in [5.74, 6) is -0.463. The normalized spacial score (nSPS) is 10.5. The van der Waals surface area contributed by atoms with Crippen LogP contribution >= 0.6 is 0 Å². The summed E-state index contributed by atoms with van der Waals surface area (Å²) in [6, 6.07) is 13.8. The SMILES string of the molecule is Cc1ccc(OCC(=O)N/N=C/c2ccccc2)c([N+](=O)[O-])c1. The Labute approximate surface area is 132 Å². The molecule has 2 aromatic carbocycles. The predicted molar refractivity (Wildman–Crippen MR) is 85.5 cm³/mol. The number of nitrogens with one attached hydrogen (secondary N) is 1. The molecule has 2 rings (SSSR count). The van der Waals surface area contributed by atoms with E-state index < -0.39 is 10.8 Å². The van der Waals surface area contributed by atoms with E-state index in [9.17, 15) is 14.9 Å². The van der Waals surface area contributed by atoms with Crippen LogP contribution in [0.4, 0.5) is 5.69 Å². The lowest BCUT2D eigenvalue weighted by Crippen LogP contribution is -2.24. The van der Waals surface area contributed by atoms with Gasteiger partial charge >= 0.3 is 5.69 Å². The molecule has 0 saturated heterocycles. The maximum Gasteiger partial charge on any atom is 0.311 e. The average molecular weight is 313 g/mol. The molecule has 0 atom stereocenters. The molecular weight excluding hydrogens is 298 g/mol.